The SMILES string of the molecule is O=C(CN1C(=O)/C(=C2/SC(=O)NC2=O)c2cc(Br)ccc21)Nc1ccccc1C(F)(F)F. The lowest BCUT2D eigenvalue weighted by molar-refractivity contribution is -0.137. The first-order valence-electron chi connectivity index (χ1n) is 8.91. The molecule has 2 heterocycles. The summed E-state index contributed by atoms with van der Waals surface area (Å²) < 4.78 is 40.2. The van der Waals surface area contributed by atoms with Gasteiger partial charge in [0.05, 0.1) is 27.4 Å². The van der Waals surface area contributed by atoms with Gasteiger partial charge in [-0.15, -0.1) is 0 Å². The Bertz CT molecular complexity index is 1230. The molecule has 1 fully saturated rings. The molecule has 4 rings (SSSR count). The van der Waals surface area contributed by atoms with Crippen LogP contribution in [0.3, 0.4) is 0 Å². The number of rotatable bonds is 3. The fourth-order valence-electron chi connectivity index (χ4n) is 3.33. The van der Waals surface area contributed by atoms with E-state index in [-0.39, 0.29) is 16.2 Å². The number of nitrogens with zero attached hydrogens (tertiary/aromatic N) is 1. The van der Waals surface area contributed by atoms with Crippen molar-refractivity contribution in [3.63, 3.8) is 0 Å². The average Bonchev–Trinajstić information content (AvgIpc) is 3.16. The predicted molar refractivity (Wildman–Crippen MR) is 115 cm³/mol. The molecule has 32 heavy (non-hydrogen) atoms. The van der Waals surface area contributed by atoms with Crippen molar-refractivity contribution in [3.8, 4) is 0 Å². The number of amides is 4. The lowest BCUT2D eigenvalue weighted by atomic mass is 10.1. The van der Waals surface area contributed by atoms with E-state index in [1.54, 1.807) is 12.1 Å². The monoisotopic (exact) mass is 525 g/mol. The van der Waals surface area contributed by atoms with Crippen molar-refractivity contribution in [3.05, 3.63) is 63.0 Å². The second kappa shape index (κ2) is 8.10. The number of fused-ring (bicyclic) bond motifs is 1. The van der Waals surface area contributed by atoms with Crippen molar-refractivity contribution >= 4 is 67.6 Å². The summed E-state index contributed by atoms with van der Waals surface area (Å²) in [5, 5.41) is 3.63. The Kier molecular flexibility index (Phi) is 5.59. The van der Waals surface area contributed by atoms with Gasteiger partial charge in [-0.2, -0.15) is 13.2 Å². The molecule has 0 atom stereocenters. The first-order chi connectivity index (χ1) is 15.1. The maximum Gasteiger partial charge on any atom is 0.418 e. The standard InChI is InChI=1S/C20H11BrF3N3O4S/c21-9-5-6-13-10(7-9)15(16-17(29)26-19(31)32-16)18(30)27(13)8-14(28)25-12-4-2-1-3-11(12)20(22,23)24/h1-7H,8H2,(H,25,28)(H,26,29,31)/b16-15+. The smallest absolute Gasteiger partial charge is 0.324 e. The highest BCUT2D eigenvalue weighted by Crippen LogP contribution is 2.43. The number of benzene rings is 2. The summed E-state index contributed by atoms with van der Waals surface area (Å²) >= 11 is 3.84. The van der Waals surface area contributed by atoms with Crippen LogP contribution in [0.1, 0.15) is 11.1 Å². The molecule has 2 N–H and O–H groups in total. The van der Waals surface area contributed by atoms with E-state index >= 15 is 0 Å². The van der Waals surface area contributed by atoms with E-state index in [2.05, 4.69) is 26.6 Å². The van der Waals surface area contributed by atoms with Crippen molar-refractivity contribution < 1.29 is 32.3 Å². The molecule has 0 unspecified atom stereocenters. The first-order valence-corrected chi connectivity index (χ1v) is 10.5. The number of nitrogens with one attached hydrogen (secondary N) is 2. The third-order valence-electron chi connectivity index (χ3n) is 4.63. The van der Waals surface area contributed by atoms with Gasteiger partial charge in [0.15, 0.2) is 0 Å². The number of para-hydroxylation sites is 1. The van der Waals surface area contributed by atoms with Gasteiger partial charge in [-0.3, -0.25) is 29.4 Å². The Morgan fingerprint density at radius 1 is 1.12 bits per heavy atom. The Labute approximate surface area is 191 Å². The van der Waals surface area contributed by atoms with E-state index in [0.717, 1.165) is 17.0 Å². The van der Waals surface area contributed by atoms with Crippen LogP contribution in [0.25, 0.3) is 5.57 Å². The molecule has 2 aliphatic heterocycles. The molecule has 0 aromatic heterocycles. The highest BCUT2D eigenvalue weighted by atomic mass is 79.9. The van der Waals surface area contributed by atoms with Gasteiger partial charge < -0.3 is 5.32 Å². The molecule has 12 heteroatoms. The zero-order chi connectivity index (χ0) is 23.2. The summed E-state index contributed by atoms with van der Waals surface area (Å²) in [5.41, 5.74) is -0.917. The minimum absolute atomic E-state index is 0.0573. The molecule has 0 spiro atoms. The van der Waals surface area contributed by atoms with Crippen LogP contribution in [0.5, 0.6) is 0 Å². The summed E-state index contributed by atoms with van der Waals surface area (Å²) in [6.07, 6.45) is -4.68. The van der Waals surface area contributed by atoms with Crippen LogP contribution >= 0.6 is 27.7 Å². The number of hydrogen-bond donors (Lipinski definition) is 2. The normalized spacial score (nSPS) is 18.1. The van der Waals surface area contributed by atoms with E-state index in [1.165, 1.54) is 18.2 Å². The van der Waals surface area contributed by atoms with Gasteiger partial charge >= 0.3 is 6.18 Å². The molecule has 1 saturated heterocycles. The van der Waals surface area contributed by atoms with Crippen LogP contribution in [-0.4, -0.2) is 29.5 Å². The summed E-state index contributed by atoms with van der Waals surface area (Å²) in [5.74, 6) is -2.32. The molecule has 0 bridgehead atoms. The largest absolute Gasteiger partial charge is 0.418 e. The summed E-state index contributed by atoms with van der Waals surface area (Å²) in [7, 11) is 0. The number of carbonyl (C=O) groups excluding carboxylic acids is 4. The van der Waals surface area contributed by atoms with Crippen molar-refractivity contribution in [1.82, 2.24) is 5.32 Å². The van der Waals surface area contributed by atoms with Crippen LogP contribution in [0, 0.1) is 0 Å². The third-order valence-corrected chi connectivity index (χ3v) is 6.00. The van der Waals surface area contributed by atoms with Gasteiger partial charge in [0.1, 0.15) is 6.54 Å². The zero-order valence-corrected chi connectivity index (χ0v) is 18.2. The second-order valence-electron chi connectivity index (χ2n) is 6.69. The molecule has 0 aliphatic carbocycles. The van der Waals surface area contributed by atoms with E-state index in [9.17, 15) is 32.3 Å². The third kappa shape index (κ3) is 4.02. The van der Waals surface area contributed by atoms with Crippen molar-refractivity contribution in [1.29, 1.82) is 0 Å². The minimum atomic E-state index is -4.68. The molecule has 4 amide bonds. The number of alkyl halides is 3. The maximum atomic E-state index is 13.2. The molecule has 0 saturated carbocycles. The van der Waals surface area contributed by atoms with Gasteiger partial charge in [0, 0.05) is 10.0 Å². The number of carbonyl (C=O) groups is 4. The number of anilines is 2. The van der Waals surface area contributed by atoms with Gasteiger partial charge in [-0.25, -0.2) is 0 Å². The van der Waals surface area contributed by atoms with Crippen molar-refractivity contribution in [2.24, 2.45) is 0 Å². The predicted octanol–water partition coefficient (Wildman–Crippen LogP) is 4.15. The molecular formula is C20H11BrF3N3O4S. The Morgan fingerprint density at radius 3 is 2.50 bits per heavy atom. The fraction of sp³-hybridized carbons (Fsp3) is 0.100. The van der Waals surface area contributed by atoms with Crippen LogP contribution < -0.4 is 15.5 Å². The summed E-state index contributed by atoms with van der Waals surface area (Å²) in [6, 6.07) is 9.17. The molecule has 7 nitrogen and oxygen atoms in total. The highest BCUT2D eigenvalue weighted by molar-refractivity contribution is 9.10. The Hall–Kier alpha value is -3.12. The van der Waals surface area contributed by atoms with Crippen LogP contribution in [0.2, 0.25) is 0 Å². The molecule has 2 aliphatic rings. The van der Waals surface area contributed by atoms with Gasteiger partial charge in [0.25, 0.3) is 17.1 Å². The van der Waals surface area contributed by atoms with Gasteiger partial charge in [-0.1, -0.05) is 28.1 Å². The molecule has 0 radical (unpaired) electrons. The topological polar surface area (TPSA) is 95.6 Å². The van der Waals surface area contributed by atoms with E-state index < -0.39 is 46.9 Å². The minimum Gasteiger partial charge on any atom is -0.324 e. The van der Waals surface area contributed by atoms with Crippen molar-refractivity contribution in [2.45, 2.75) is 6.18 Å². The molecular weight excluding hydrogens is 515 g/mol. The number of imide groups is 1. The fourth-order valence-corrected chi connectivity index (χ4v) is 4.46. The highest BCUT2D eigenvalue weighted by Gasteiger charge is 2.41. The van der Waals surface area contributed by atoms with E-state index in [0.29, 0.717) is 21.8 Å². The van der Waals surface area contributed by atoms with Gasteiger partial charge in [0.2, 0.25) is 5.91 Å². The van der Waals surface area contributed by atoms with E-state index in [4.69, 9.17) is 0 Å². The first kappa shape index (κ1) is 22.1. The van der Waals surface area contributed by atoms with Crippen LogP contribution in [-0.2, 0) is 20.6 Å². The molecule has 164 valence electrons. The maximum absolute atomic E-state index is 13.2. The summed E-state index contributed by atoms with van der Waals surface area (Å²) in [4.78, 5) is 50.4. The quantitative estimate of drug-likeness (QED) is 0.587. The lowest BCUT2D eigenvalue weighted by Crippen LogP contribution is -2.36. The number of hydrogen-bond acceptors (Lipinski definition) is 5. The number of thioether (sulfide) groups is 1. The van der Waals surface area contributed by atoms with Crippen molar-refractivity contribution in [2.75, 3.05) is 16.8 Å². The Morgan fingerprint density at radius 2 is 1.84 bits per heavy atom. The van der Waals surface area contributed by atoms with Crippen LogP contribution in [0.4, 0.5) is 29.3 Å². The number of halogens is 4. The zero-order valence-electron chi connectivity index (χ0n) is 15.7. The Balaban J connectivity index is 1.67. The van der Waals surface area contributed by atoms with Gasteiger partial charge in [-0.05, 0) is 42.1 Å². The second-order valence-corrected chi connectivity index (χ2v) is 8.59. The van der Waals surface area contributed by atoms with Crippen LogP contribution in [0.15, 0.2) is 51.8 Å². The average molecular weight is 526 g/mol. The molecule has 2 aromatic carbocycles. The van der Waals surface area contributed by atoms with E-state index in [1.807, 2.05) is 0 Å². The lowest BCUT2D eigenvalue weighted by Gasteiger charge is -2.18. The molecule has 2 aromatic rings. The summed E-state index contributed by atoms with van der Waals surface area (Å²) in [6.45, 7) is -0.601.